The van der Waals surface area contributed by atoms with Gasteiger partial charge in [-0.2, -0.15) is 0 Å². The fraction of sp³-hybridized carbons (Fsp3) is 0.588. The van der Waals surface area contributed by atoms with Crippen LogP contribution in [0.15, 0.2) is 18.2 Å². The van der Waals surface area contributed by atoms with Crippen LogP contribution >= 0.6 is 0 Å². The van der Waals surface area contributed by atoms with E-state index >= 15 is 0 Å². The van der Waals surface area contributed by atoms with E-state index in [2.05, 4.69) is 0 Å². The van der Waals surface area contributed by atoms with E-state index in [4.69, 9.17) is 0 Å². The smallest absolute Gasteiger partial charge is 0.303 e. The van der Waals surface area contributed by atoms with Gasteiger partial charge in [-0.1, -0.05) is 25.3 Å². The topological polar surface area (TPSA) is 37.3 Å². The second-order valence-electron chi connectivity index (χ2n) is 6.35. The standard InChI is InChI=1S/C17H21FO2/c18-14-6-7-15-12(10-14)4-5-13(11-16(19)20)17(15)8-2-1-3-9-17/h6-7,10,13H,1-5,8-9,11H2,(H,19,20). The van der Waals surface area contributed by atoms with Gasteiger partial charge in [0, 0.05) is 6.42 Å². The van der Waals surface area contributed by atoms with Crippen molar-refractivity contribution in [3.8, 4) is 0 Å². The van der Waals surface area contributed by atoms with E-state index in [0.717, 1.165) is 44.1 Å². The molecule has 1 atom stereocenters. The van der Waals surface area contributed by atoms with Gasteiger partial charge >= 0.3 is 5.97 Å². The van der Waals surface area contributed by atoms with Crippen molar-refractivity contribution in [2.75, 3.05) is 0 Å². The summed E-state index contributed by atoms with van der Waals surface area (Å²) in [6.07, 6.45) is 7.61. The number of carboxylic acid groups (broad SMARTS) is 1. The first-order valence-corrected chi connectivity index (χ1v) is 7.62. The van der Waals surface area contributed by atoms with Crippen LogP contribution in [0, 0.1) is 11.7 Å². The van der Waals surface area contributed by atoms with Crippen LogP contribution in [0.2, 0.25) is 0 Å². The first-order chi connectivity index (χ1) is 9.62. The summed E-state index contributed by atoms with van der Waals surface area (Å²) < 4.78 is 13.5. The lowest BCUT2D eigenvalue weighted by molar-refractivity contribution is -0.139. The second-order valence-corrected chi connectivity index (χ2v) is 6.35. The molecular formula is C17H21FO2. The van der Waals surface area contributed by atoms with Gasteiger partial charge in [-0.05, 0) is 60.3 Å². The zero-order valence-corrected chi connectivity index (χ0v) is 11.7. The van der Waals surface area contributed by atoms with Gasteiger partial charge in [0.25, 0.3) is 0 Å². The number of aliphatic carboxylic acids is 1. The van der Waals surface area contributed by atoms with E-state index in [1.54, 1.807) is 12.1 Å². The van der Waals surface area contributed by atoms with E-state index < -0.39 is 5.97 Å². The van der Waals surface area contributed by atoms with Gasteiger partial charge in [-0.3, -0.25) is 4.79 Å². The van der Waals surface area contributed by atoms with Crippen LogP contribution < -0.4 is 0 Å². The summed E-state index contributed by atoms with van der Waals surface area (Å²) in [4.78, 5) is 11.2. The SMILES string of the molecule is O=C(O)CC1CCc2cc(F)ccc2C12CCCCC2. The Morgan fingerprint density at radius 1 is 1.30 bits per heavy atom. The van der Waals surface area contributed by atoms with Crippen molar-refractivity contribution in [3.05, 3.63) is 35.1 Å². The highest BCUT2D eigenvalue weighted by Gasteiger charge is 2.45. The molecule has 1 N–H and O–H groups in total. The zero-order valence-electron chi connectivity index (χ0n) is 11.7. The van der Waals surface area contributed by atoms with Gasteiger partial charge in [0.2, 0.25) is 0 Å². The zero-order chi connectivity index (χ0) is 14.2. The van der Waals surface area contributed by atoms with E-state index in [0.29, 0.717) is 0 Å². The number of aryl methyl sites for hydroxylation is 1. The van der Waals surface area contributed by atoms with Gasteiger partial charge in [-0.15, -0.1) is 0 Å². The summed E-state index contributed by atoms with van der Waals surface area (Å²) >= 11 is 0. The highest BCUT2D eigenvalue weighted by Crippen LogP contribution is 2.51. The molecule has 1 unspecified atom stereocenters. The molecule has 0 aliphatic heterocycles. The van der Waals surface area contributed by atoms with Crippen molar-refractivity contribution in [1.29, 1.82) is 0 Å². The van der Waals surface area contributed by atoms with Gasteiger partial charge in [0.05, 0.1) is 0 Å². The normalized spacial score (nSPS) is 24.4. The van der Waals surface area contributed by atoms with Crippen LogP contribution in [0.5, 0.6) is 0 Å². The molecule has 2 aliphatic carbocycles. The van der Waals surface area contributed by atoms with Crippen LogP contribution in [-0.4, -0.2) is 11.1 Å². The number of hydrogen-bond donors (Lipinski definition) is 1. The Hall–Kier alpha value is -1.38. The average molecular weight is 276 g/mol. The van der Waals surface area contributed by atoms with E-state index in [9.17, 15) is 14.3 Å². The van der Waals surface area contributed by atoms with Crippen molar-refractivity contribution in [1.82, 2.24) is 0 Å². The molecule has 1 aromatic rings. The molecule has 3 rings (SSSR count). The summed E-state index contributed by atoms with van der Waals surface area (Å²) in [5.41, 5.74) is 2.32. The molecule has 2 aliphatic rings. The number of carboxylic acids is 1. The van der Waals surface area contributed by atoms with Crippen molar-refractivity contribution in [2.24, 2.45) is 5.92 Å². The Bertz CT molecular complexity index is 518. The molecule has 3 heteroatoms. The Kier molecular flexibility index (Phi) is 3.53. The molecule has 20 heavy (non-hydrogen) atoms. The molecule has 0 radical (unpaired) electrons. The van der Waals surface area contributed by atoms with Crippen LogP contribution in [0.4, 0.5) is 4.39 Å². The van der Waals surface area contributed by atoms with Crippen LogP contribution in [0.25, 0.3) is 0 Å². The average Bonchev–Trinajstić information content (AvgIpc) is 2.43. The number of fused-ring (bicyclic) bond motifs is 2. The molecule has 0 saturated heterocycles. The van der Waals surface area contributed by atoms with Gasteiger partial charge in [-0.25, -0.2) is 4.39 Å². The molecule has 0 amide bonds. The largest absolute Gasteiger partial charge is 0.481 e. The number of hydrogen-bond acceptors (Lipinski definition) is 1. The fourth-order valence-electron chi connectivity index (χ4n) is 4.45. The third-order valence-electron chi connectivity index (χ3n) is 5.31. The number of benzene rings is 1. The van der Waals surface area contributed by atoms with Crippen LogP contribution in [-0.2, 0) is 16.6 Å². The molecule has 2 nitrogen and oxygen atoms in total. The van der Waals surface area contributed by atoms with E-state index in [1.165, 1.54) is 12.0 Å². The molecular weight excluding hydrogens is 255 g/mol. The molecule has 0 heterocycles. The summed E-state index contributed by atoms with van der Waals surface area (Å²) in [7, 11) is 0. The summed E-state index contributed by atoms with van der Waals surface area (Å²) in [6, 6.07) is 5.12. The minimum Gasteiger partial charge on any atom is -0.481 e. The minimum atomic E-state index is -0.703. The van der Waals surface area contributed by atoms with E-state index in [1.807, 2.05) is 6.07 Å². The molecule has 1 spiro atoms. The molecule has 1 saturated carbocycles. The molecule has 0 bridgehead atoms. The van der Waals surface area contributed by atoms with E-state index in [-0.39, 0.29) is 23.6 Å². The first kappa shape index (κ1) is 13.6. The maximum absolute atomic E-state index is 13.5. The Morgan fingerprint density at radius 3 is 2.75 bits per heavy atom. The summed E-state index contributed by atoms with van der Waals surface area (Å²) in [5, 5.41) is 9.21. The molecule has 108 valence electrons. The maximum Gasteiger partial charge on any atom is 0.303 e. The van der Waals surface area contributed by atoms with Crippen molar-refractivity contribution >= 4 is 5.97 Å². The highest BCUT2D eigenvalue weighted by molar-refractivity contribution is 5.67. The summed E-state index contributed by atoms with van der Waals surface area (Å²) in [5.74, 6) is -0.671. The van der Waals surface area contributed by atoms with Gasteiger partial charge in [0.15, 0.2) is 0 Å². The monoisotopic (exact) mass is 276 g/mol. The van der Waals surface area contributed by atoms with Crippen LogP contribution in [0.3, 0.4) is 0 Å². The van der Waals surface area contributed by atoms with Gasteiger partial charge in [0.1, 0.15) is 5.82 Å². The lowest BCUT2D eigenvalue weighted by Crippen LogP contribution is -2.42. The van der Waals surface area contributed by atoms with Crippen LogP contribution in [0.1, 0.15) is 56.1 Å². The quantitative estimate of drug-likeness (QED) is 0.884. The Morgan fingerprint density at radius 2 is 2.05 bits per heavy atom. The predicted molar refractivity (Wildman–Crippen MR) is 75.2 cm³/mol. The molecule has 1 fully saturated rings. The summed E-state index contributed by atoms with van der Waals surface area (Å²) in [6.45, 7) is 0. The number of carbonyl (C=O) groups is 1. The van der Waals surface area contributed by atoms with Crippen molar-refractivity contribution < 1.29 is 14.3 Å². The lowest BCUT2D eigenvalue weighted by atomic mass is 9.56. The maximum atomic E-state index is 13.5. The molecule has 0 aromatic heterocycles. The Labute approximate surface area is 119 Å². The minimum absolute atomic E-state index is 0.0159. The van der Waals surface area contributed by atoms with Crippen molar-refractivity contribution in [2.45, 2.75) is 56.8 Å². The number of halogens is 1. The lowest BCUT2D eigenvalue weighted by Gasteiger charge is -2.48. The number of rotatable bonds is 2. The Balaban J connectivity index is 2.04. The van der Waals surface area contributed by atoms with Gasteiger partial charge < -0.3 is 5.11 Å². The second kappa shape index (κ2) is 5.19. The molecule has 1 aromatic carbocycles. The third kappa shape index (κ3) is 2.23. The predicted octanol–water partition coefficient (Wildman–Crippen LogP) is 4.06. The first-order valence-electron chi connectivity index (χ1n) is 7.62. The fourth-order valence-corrected chi connectivity index (χ4v) is 4.45. The third-order valence-corrected chi connectivity index (χ3v) is 5.31. The van der Waals surface area contributed by atoms with Crippen molar-refractivity contribution in [3.63, 3.8) is 0 Å². The highest BCUT2D eigenvalue weighted by atomic mass is 19.1.